The zero-order valence-corrected chi connectivity index (χ0v) is 18.8. The summed E-state index contributed by atoms with van der Waals surface area (Å²) in [6.07, 6.45) is 1.06. The quantitative estimate of drug-likeness (QED) is 0.465. The van der Waals surface area contributed by atoms with Crippen LogP contribution < -0.4 is 16.0 Å². The third-order valence-corrected chi connectivity index (χ3v) is 4.88. The Morgan fingerprint density at radius 1 is 0.727 bits per heavy atom. The minimum atomic E-state index is -0.248. The summed E-state index contributed by atoms with van der Waals surface area (Å²) in [5, 5.41) is 8.73. The lowest BCUT2D eigenvalue weighted by atomic mass is 10.1. The number of benzene rings is 3. The number of hydrogen-bond acceptors (Lipinski definition) is 4. The van der Waals surface area contributed by atoms with Crippen LogP contribution in [0.1, 0.15) is 22.3 Å². The Morgan fingerprint density at radius 2 is 1.36 bits per heavy atom. The summed E-state index contributed by atoms with van der Waals surface area (Å²) in [7, 11) is 3.36. The van der Waals surface area contributed by atoms with Gasteiger partial charge in [0.05, 0.1) is 6.54 Å². The lowest BCUT2D eigenvalue weighted by Crippen LogP contribution is -2.23. The molecule has 0 spiro atoms. The molecular formula is C26H28N4O3. The van der Waals surface area contributed by atoms with Crippen LogP contribution in [-0.2, 0) is 16.0 Å². The summed E-state index contributed by atoms with van der Waals surface area (Å²) in [4.78, 5) is 38.2. The van der Waals surface area contributed by atoms with Gasteiger partial charge in [-0.1, -0.05) is 42.5 Å². The van der Waals surface area contributed by atoms with E-state index in [-0.39, 0.29) is 24.3 Å². The molecule has 3 aromatic carbocycles. The molecule has 3 N–H and O–H groups in total. The molecule has 0 radical (unpaired) electrons. The van der Waals surface area contributed by atoms with Crippen LogP contribution in [-0.4, -0.2) is 43.3 Å². The molecule has 0 aliphatic carbocycles. The van der Waals surface area contributed by atoms with Crippen molar-refractivity contribution in [2.45, 2.75) is 12.8 Å². The predicted molar refractivity (Wildman–Crippen MR) is 131 cm³/mol. The number of amides is 3. The average Bonchev–Trinajstić information content (AvgIpc) is 2.82. The summed E-state index contributed by atoms with van der Waals surface area (Å²) >= 11 is 0. The first-order chi connectivity index (χ1) is 15.9. The van der Waals surface area contributed by atoms with E-state index in [9.17, 15) is 14.4 Å². The molecule has 7 heteroatoms. The molecule has 3 amide bonds. The zero-order valence-electron chi connectivity index (χ0n) is 18.8. The van der Waals surface area contributed by atoms with Crippen LogP contribution in [0.15, 0.2) is 78.9 Å². The molecule has 0 aliphatic heterocycles. The van der Waals surface area contributed by atoms with Gasteiger partial charge in [0.25, 0.3) is 5.91 Å². The van der Waals surface area contributed by atoms with E-state index in [0.29, 0.717) is 35.5 Å². The summed E-state index contributed by atoms with van der Waals surface area (Å²) in [6, 6.07) is 23.9. The number of carbonyl (C=O) groups is 3. The Bertz CT molecular complexity index is 1110. The molecule has 170 valence electrons. The van der Waals surface area contributed by atoms with E-state index >= 15 is 0 Å². The van der Waals surface area contributed by atoms with Gasteiger partial charge in [0.1, 0.15) is 0 Å². The van der Waals surface area contributed by atoms with Crippen molar-refractivity contribution in [2.75, 3.05) is 36.6 Å². The van der Waals surface area contributed by atoms with Crippen molar-refractivity contribution >= 4 is 34.8 Å². The van der Waals surface area contributed by atoms with Gasteiger partial charge in [0.15, 0.2) is 0 Å². The van der Waals surface area contributed by atoms with Gasteiger partial charge in [-0.25, -0.2) is 0 Å². The molecule has 3 rings (SSSR count). The third kappa shape index (κ3) is 7.50. The maximum absolute atomic E-state index is 12.3. The zero-order chi connectivity index (χ0) is 23.6. The van der Waals surface area contributed by atoms with E-state index in [1.165, 1.54) is 4.90 Å². The molecule has 0 unspecified atom stereocenters. The van der Waals surface area contributed by atoms with E-state index in [2.05, 4.69) is 16.0 Å². The number of nitrogens with zero attached hydrogens (tertiary/aromatic N) is 1. The second-order valence-electron chi connectivity index (χ2n) is 7.80. The first-order valence-corrected chi connectivity index (χ1v) is 10.7. The van der Waals surface area contributed by atoms with Gasteiger partial charge >= 0.3 is 0 Å². The van der Waals surface area contributed by atoms with Gasteiger partial charge < -0.3 is 20.9 Å². The largest absolute Gasteiger partial charge is 0.376 e. The van der Waals surface area contributed by atoms with Gasteiger partial charge in [-0.2, -0.15) is 0 Å². The van der Waals surface area contributed by atoms with E-state index in [1.54, 1.807) is 50.5 Å². The minimum absolute atomic E-state index is 0.0389. The van der Waals surface area contributed by atoms with Gasteiger partial charge in [0, 0.05) is 43.1 Å². The molecular weight excluding hydrogens is 416 g/mol. The third-order valence-electron chi connectivity index (χ3n) is 4.88. The van der Waals surface area contributed by atoms with Crippen molar-refractivity contribution in [3.63, 3.8) is 0 Å². The topological polar surface area (TPSA) is 90.5 Å². The monoisotopic (exact) mass is 444 g/mol. The number of hydrogen-bond donors (Lipinski definition) is 3. The Balaban J connectivity index is 1.49. The summed E-state index contributed by atoms with van der Waals surface area (Å²) in [5.74, 6) is -0.450. The second kappa shape index (κ2) is 11.5. The normalized spacial score (nSPS) is 10.2. The van der Waals surface area contributed by atoms with Crippen molar-refractivity contribution in [3.8, 4) is 0 Å². The molecule has 0 saturated carbocycles. The predicted octanol–water partition coefficient (Wildman–Crippen LogP) is 4.01. The molecule has 0 heterocycles. The van der Waals surface area contributed by atoms with Crippen molar-refractivity contribution < 1.29 is 14.4 Å². The summed E-state index contributed by atoms with van der Waals surface area (Å²) in [6.45, 7) is 0.0389. The SMILES string of the molecule is CN(C)C(=O)c1cccc(NC(=O)CNc2cccc(NC(=O)CCc3ccccc3)c2)c1. The van der Waals surface area contributed by atoms with E-state index in [4.69, 9.17) is 0 Å². The first kappa shape index (κ1) is 23.5. The first-order valence-electron chi connectivity index (χ1n) is 10.7. The average molecular weight is 445 g/mol. The summed E-state index contributed by atoms with van der Waals surface area (Å²) < 4.78 is 0. The highest BCUT2D eigenvalue weighted by molar-refractivity contribution is 5.98. The minimum Gasteiger partial charge on any atom is -0.376 e. The van der Waals surface area contributed by atoms with E-state index < -0.39 is 0 Å². The van der Waals surface area contributed by atoms with Crippen molar-refractivity contribution in [3.05, 3.63) is 90.0 Å². The molecule has 0 aromatic heterocycles. The fourth-order valence-electron chi connectivity index (χ4n) is 3.21. The van der Waals surface area contributed by atoms with Crippen molar-refractivity contribution in [1.29, 1.82) is 0 Å². The van der Waals surface area contributed by atoms with Crippen LogP contribution >= 0.6 is 0 Å². The van der Waals surface area contributed by atoms with Gasteiger partial charge in [-0.05, 0) is 48.4 Å². The fraction of sp³-hybridized carbons (Fsp3) is 0.192. The number of carbonyl (C=O) groups excluding carboxylic acids is 3. The molecule has 0 bridgehead atoms. The molecule has 33 heavy (non-hydrogen) atoms. The van der Waals surface area contributed by atoms with Crippen LogP contribution in [0.25, 0.3) is 0 Å². The lowest BCUT2D eigenvalue weighted by molar-refractivity contribution is -0.116. The van der Waals surface area contributed by atoms with Crippen LogP contribution in [0, 0.1) is 0 Å². The molecule has 0 atom stereocenters. The van der Waals surface area contributed by atoms with Crippen LogP contribution in [0.2, 0.25) is 0 Å². The van der Waals surface area contributed by atoms with Gasteiger partial charge in [-0.15, -0.1) is 0 Å². The fourth-order valence-corrected chi connectivity index (χ4v) is 3.21. The van der Waals surface area contributed by atoms with Gasteiger partial charge in [-0.3, -0.25) is 14.4 Å². The second-order valence-corrected chi connectivity index (χ2v) is 7.80. The van der Waals surface area contributed by atoms with Gasteiger partial charge in [0.2, 0.25) is 11.8 Å². The summed E-state index contributed by atoms with van der Waals surface area (Å²) in [5.41, 5.74) is 3.54. The number of nitrogens with one attached hydrogen (secondary N) is 3. The highest BCUT2D eigenvalue weighted by atomic mass is 16.2. The molecule has 7 nitrogen and oxygen atoms in total. The van der Waals surface area contributed by atoms with Crippen molar-refractivity contribution in [1.82, 2.24) is 4.90 Å². The Labute approximate surface area is 193 Å². The number of aryl methyl sites for hydroxylation is 1. The molecule has 0 aliphatic rings. The number of rotatable bonds is 9. The highest BCUT2D eigenvalue weighted by Gasteiger charge is 2.10. The van der Waals surface area contributed by atoms with Crippen LogP contribution in [0.3, 0.4) is 0 Å². The van der Waals surface area contributed by atoms with Crippen molar-refractivity contribution in [2.24, 2.45) is 0 Å². The maximum Gasteiger partial charge on any atom is 0.253 e. The highest BCUT2D eigenvalue weighted by Crippen LogP contribution is 2.16. The lowest BCUT2D eigenvalue weighted by Gasteiger charge is -2.12. The Morgan fingerprint density at radius 3 is 2.09 bits per heavy atom. The van der Waals surface area contributed by atoms with Crippen LogP contribution in [0.4, 0.5) is 17.1 Å². The van der Waals surface area contributed by atoms with Crippen LogP contribution in [0.5, 0.6) is 0 Å². The Kier molecular flexibility index (Phi) is 8.18. The van der Waals surface area contributed by atoms with E-state index in [1.807, 2.05) is 42.5 Å². The molecule has 3 aromatic rings. The molecule has 0 fully saturated rings. The smallest absolute Gasteiger partial charge is 0.253 e. The van der Waals surface area contributed by atoms with E-state index in [0.717, 1.165) is 5.56 Å². The maximum atomic E-state index is 12.3. The standard InChI is InChI=1S/C26H28N4O3/c1-30(2)26(33)20-10-6-12-22(16-20)29-25(32)18-27-21-11-7-13-23(17-21)28-24(31)15-14-19-8-4-3-5-9-19/h3-13,16-17,27H,14-15,18H2,1-2H3,(H,28,31)(H,29,32). The Hall–Kier alpha value is -4.13. The molecule has 0 saturated heterocycles. The number of anilines is 3.